The lowest BCUT2D eigenvalue weighted by Gasteiger charge is -2.09. The molecule has 2 aromatic carbocycles. The Hall–Kier alpha value is -2.53. The lowest BCUT2D eigenvalue weighted by atomic mass is 10.0. The number of aryl methyl sites for hydroxylation is 2. The summed E-state index contributed by atoms with van der Waals surface area (Å²) in [4.78, 5) is 11.0. The zero-order valence-electron chi connectivity index (χ0n) is 12.1. The molecule has 0 aliphatic rings. The van der Waals surface area contributed by atoms with Crippen molar-refractivity contribution in [1.82, 2.24) is 0 Å². The van der Waals surface area contributed by atoms with Crippen molar-refractivity contribution < 1.29 is 9.34 Å². The van der Waals surface area contributed by atoms with E-state index in [2.05, 4.69) is 0 Å². The van der Waals surface area contributed by atoms with Gasteiger partial charge in [0.15, 0.2) is 4.71 Å². The molecule has 1 aromatic heterocycles. The Kier molecular flexibility index (Phi) is 3.50. The highest BCUT2D eigenvalue weighted by atomic mass is 32.1. The van der Waals surface area contributed by atoms with Crippen LogP contribution in [0.5, 0.6) is 0 Å². The van der Waals surface area contributed by atoms with E-state index in [4.69, 9.17) is 16.6 Å². The van der Waals surface area contributed by atoms with E-state index in [1.54, 1.807) is 12.1 Å². The molecule has 0 aliphatic heterocycles. The van der Waals surface area contributed by atoms with Crippen molar-refractivity contribution in [3.05, 3.63) is 68.4 Å². The Labute approximate surface area is 132 Å². The van der Waals surface area contributed by atoms with E-state index >= 15 is 0 Å². The molecule has 0 saturated heterocycles. The highest BCUT2D eigenvalue weighted by Crippen LogP contribution is 2.36. The molecule has 1 heterocycles. The Balaban J connectivity index is 2.39. The van der Waals surface area contributed by atoms with Crippen molar-refractivity contribution in [3.63, 3.8) is 0 Å². The highest BCUT2D eigenvalue weighted by molar-refractivity contribution is 7.71. The molecule has 0 fully saturated rings. The molecule has 3 rings (SSSR count). The SMILES string of the molecule is Cc1ccc(-c2oc(=S)c3ccccc3c2C)c([N+](=O)[O-])c1. The Morgan fingerprint density at radius 3 is 2.45 bits per heavy atom. The zero-order valence-corrected chi connectivity index (χ0v) is 12.9. The van der Waals surface area contributed by atoms with Crippen molar-refractivity contribution in [2.24, 2.45) is 0 Å². The number of nitro groups is 1. The molecule has 4 nitrogen and oxygen atoms in total. The molecule has 0 radical (unpaired) electrons. The van der Waals surface area contributed by atoms with Crippen LogP contribution in [0.2, 0.25) is 0 Å². The second kappa shape index (κ2) is 5.35. The normalized spacial score (nSPS) is 10.8. The van der Waals surface area contributed by atoms with Crippen LogP contribution in [0.4, 0.5) is 5.69 Å². The van der Waals surface area contributed by atoms with Gasteiger partial charge in [0.25, 0.3) is 5.69 Å². The summed E-state index contributed by atoms with van der Waals surface area (Å²) in [5, 5.41) is 13.1. The van der Waals surface area contributed by atoms with Crippen molar-refractivity contribution in [2.45, 2.75) is 13.8 Å². The number of rotatable bonds is 2. The van der Waals surface area contributed by atoms with Crippen molar-refractivity contribution in [3.8, 4) is 11.3 Å². The van der Waals surface area contributed by atoms with Gasteiger partial charge in [-0.25, -0.2) is 0 Å². The standard InChI is InChI=1S/C17H13NO3S/c1-10-7-8-14(15(9-10)18(19)20)16-11(2)12-5-3-4-6-13(12)17(22)21-16/h3-9H,1-2H3. The summed E-state index contributed by atoms with van der Waals surface area (Å²) >= 11 is 5.30. The van der Waals surface area contributed by atoms with Gasteiger partial charge in [0, 0.05) is 17.0 Å². The molecule has 22 heavy (non-hydrogen) atoms. The molecule has 0 N–H and O–H groups in total. The van der Waals surface area contributed by atoms with Crippen LogP contribution in [0.15, 0.2) is 46.9 Å². The number of fused-ring (bicyclic) bond motifs is 1. The minimum atomic E-state index is -0.393. The van der Waals surface area contributed by atoms with Gasteiger partial charge in [-0.1, -0.05) is 24.3 Å². The summed E-state index contributed by atoms with van der Waals surface area (Å²) in [6.45, 7) is 3.71. The monoisotopic (exact) mass is 311 g/mol. The average molecular weight is 311 g/mol. The maximum absolute atomic E-state index is 11.3. The highest BCUT2D eigenvalue weighted by Gasteiger charge is 2.20. The molecule has 5 heteroatoms. The Morgan fingerprint density at radius 2 is 1.77 bits per heavy atom. The molecule has 0 atom stereocenters. The third kappa shape index (κ3) is 2.29. The van der Waals surface area contributed by atoms with Crippen LogP contribution in [-0.2, 0) is 0 Å². The number of nitrogens with zero attached hydrogens (tertiary/aromatic N) is 1. The summed E-state index contributed by atoms with van der Waals surface area (Å²) in [7, 11) is 0. The molecular weight excluding hydrogens is 298 g/mol. The Bertz CT molecular complexity index is 960. The lowest BCUT2D eigenvalue weighted by Crippen LogP contribution is -1.95. The second-order valence-electron chi connectivity index (χ2n) is 5.17. The van der Waals surface area contributed by atoms with Gasteiger partial charge in [-0.15, -0.1) is 0 Å². The number of nitro benzene ring substituents is 1. The van der Waals surface area contributed by atoms with Gasteiger partial charge in [0.1, 0.15) is 5.76 Å². The fourth-order valence-electron chi connectivity index (χ4n) is 2.58. The van der Waals surface area contributed by atoms with E-state index in [-0.39, 0.29) is 5.69 Å². The maximum atomic E-state index is 11.3. The molecule has 0 spiro atoms. The van der Waals surface area contributed by atoms with Crippen LogP contribution in [0, 0.1) is 28.7 Å². The molecule has 3 aromatic rings. The molecule has 0 bridgehead atoms. The van der Waals surface area contributed by atoms with Gasteiger partial charge in [0.2, 0.25) is 0 Å². The fraction of sp³-hybridized carbons (Fsp3) is 0.118. The van der Waals surface area contributed by atoms with Crippen LogP contribution in [-0.4, -0.2) is 4.92 Å². The molecule has 0 saturated carbocycles. The van der Waals surface area contributed by atoms with E-state index in [0.717, 1.165) is 21.9 Å². The van der Waals surface area contributed by atoms with Gasteiger partial charge in [-0.3, -0.25) is 10.1 Å². The molecule has 0 aliphatic carbocycles. The van der Waals surface area contributed by atoms with Crippen LogP contribution >= 0.6 is 12.2 Å². The van der Waals surface area contributed by atoms with E-state index in [1.165, 1.54) is 0 Å². The third-order valence-corrected chi connectivity index (χ3v) is 3.98. The number of benzene rings is 2. The van der Waals surface area contributed by atoms with Crippen molar-refractivity contribution in [1.29, 1.82) is 0 Å². The number of hydrogen-bond acceptors (Lipinski definition) is 4. The van der Waals surface area contributed by atoms with Crippen LogP contribution in [0.25, 0.3) is 22.1 Å². The topological polar surface area (TPSA) is 56.3 Å². The summed E-state index contributed by atoms with van der Waals surface area (Å²) in [5.74, 6) is 0.454. The summed E-state index contributed by atoms with van der Waals surface area (Å²) in [6, 6.07) is 12.7. The molecule has 110 valence electrons. The van der Waals surface area contributed by atoms with Crippen molar-refractivity contribution in [2.75, 3.05) is 0 Å². The van der Waals surface area contributed by atoms with E-state index in [1.807, 2.05) is 44.2 Å². The minimum absolute atomic E-state index is 0.0246. The zero-order chi connectivity index (χ0) is 15.9. The first-order chi connectivity index (χ1) is 10.5. The second-order valence-corrected chi connectivity index (χ2v) is 5.54. The summed E-state index contributed by atoms with van der Waals surface area (Å²) in [5.41, 5.74) is 2.14. The van der Waals surface area contributed by atoms with Gasteiger partial charge >= 0.3 is 0 Å². The largest absolute Gasteiger partial charge is 0.444 e. The van der Waals surface area contributed by atoms with Crippen LogP contribution in [0.1, 0.15) is 11.1 Å². The maximum Gasteiger partial charge on any atom is 0.280 e. The molecule has 0 amide bonds. The molecular formula is C17H13NO3S. The van der Waals surface area contributed by atoms with E-state index in [0.29, 0.717) is 16.0 Å². The predicted molar refractivity (Wildman–Crippen MR) is 88.6 cm³/mol. The van der Waals surface area contributed by atoms with Gasteiger partial charge in [0.05, 0.1) is 10.5 Å². The van der Waals surface area contributed by atoms with Gasteiger partial charge < -0.3 is 4.42 Å². The van der Waals surface area contributed by atoms with Crippen LogP contribution in [0.3, 0.4) is 0 Å². The third-order valence-electron chi connectivity index (χ3n) is 3.68. The lowest BCUT2D eigenvalue weighted by molar-refractivity contribution is -0.384. The smallest absolute Gasteiger partial charge is 0.280 e. The number of hydrogen-bond donors (Lipinski definition) is 0. The quantitative estimate of drug-likeness (QED) is 0.363. The molecule has 0 unspecified atom stereocenters. The first-order valence-corrected chi connectivity index (χ1v) is 7.17. The van der Waals surface area contributed by atoms with Gasteiger partial charge in [-0.2, -0.15) is 0 Å². The summed E-state index contributed by atoms with van der Waals surface area (Å²) < 4.78 is 6.09. The van der Waals surface area contributed by atoms with E-state index in [9.17, 15) is 10.1 Å². The van der Waals surface area contributed by atoms with Crippen LogP contribution < -0.4 is 0 Å². The first kappa shape index (κ1) is 14.4. The van der Waals surface area contributed by atoms with Crippen molar-refractivity contribution >= 4 is 28.7 Å². The van der Waals surface area contributed by atoms with Gasteiger partial charge in [-0.05, 0) is 49.1 Å². The first-order valence-electron chi connectivity index (χ1n) is 6.77. The predicted octanol–water partition coefficient (Wildman–Crippen LogP) is 5.35. The van der Waals surface area contributed by atoms with E-state index < -0.39 is 4.92 Å². The minimum Gasteiger partial charge on any atom is -0.444 e. The summed E-state index contributed by atoms with van der Waals surface area (Å²) in [6.07, 6.45) is 0. The average Bonchev–Trinajstić information content (AvgIpc) is 2.51. The Morgan fingerprint density at radius 1 is 1.09 bits per heavy atom. The fourth-order valence-corrected chi connectivity index (χ4v) is 2.84.